The monoisotopic (exact) mass is 205 g/mol. The van der Waals surface area contributed by atoms with Crippen molar-refractivity contribution in [3.05, 3.63) is 29.7 Å². The molecule has 0 bridgehead atoms. The Hall–Kier alpha value is -0.520. The summed E-state index contributed by atoms with van der Waals surface area (Å²) >= 11 is 0. The van der Waals surface area contributed by atoms with Crippen molar-refractivity contribution in [1.82, 2.24) is 0 Å². The van der Waals surface area contributed by atoms with Gasteiger partial charge in [-0.25, -0.2) is 0 Å². The van der Waals surface area contributed by atoms with Gasteiger partial charge >= 0.3 is 0 Å². The van der Waals surface area contributed by atoms with Gasteiger partial charge < -0.3 is 0 Å². The van der Waals surface area contributed by atoms with Gasteiger partial charge in [-0.3, -0.25) is 0 Å². The van der Waals surface area contributed by atoms with Crippen LogP contribution in [0.15, 0.2) is 23.3 Å². The minimum Gasteiger partial charge on any atom is -0.0776 e. The molecular weight excluding hydrogens is 180 g/mol. The largest absolute Gasteiger partial charge is 0.0776 e. The van der Waals surface area contributed by atoms with E-state index in [0.29, 0.717) is 5.92 Å². The Morgan fingerprint density at radius 2 is 1.60 bits per heavy atom. The molecule has 0 spiro atoms. The Morgan fingerprint density at radius 3 is 2.20 bits per heavy atom. The summed E-state index contributed by atoms with van der Waals surface area (Å²) in [5, 5.41) is 0. The van der Waals surface area contributed by atoms with Crippen LogP contribution in [0.25, 0.3) is 0 Å². The van der Waals surface area contributed by atoms with Crippen LogP contribution < -0.4 is 0 Å². The van der Waals surface area contributed by atoms with Gasteiger partial charge in [-0.2, -0.15) is 0 Å². The summed E-state index contributed by atoms with van der Waals surface area (Å²) < 4.78 is 0. The molecule has 0 aromatic rings. The minimum absolute atomic E-state index is 0.711. The zero-order chi connectivity index (χ0) is 11.1. The van der Waals surface area contributed by atoms with E-state index in [1.165, 1.54) is 38.5 Å². The maximum Gasteiger partial charge on any atom is -0.00654 e. The van der Waals surface area contributed by atoms with Crippen molar-refractivity contribution in [2.75, 3.05) is 0 Å². The molecule has 0 heterocycles. The van der Waals surface area contributed by atoms with Gasteiger partial charge in [-0.1, -0.05) is 63.3 Å². The molecule has 15 heavy (non-hydrogen) atoms. The Morgan fingerprint density at radius 1 is 0.933 bits per heavy atom. The van der Waals surface area contributed by atoms with Crippen molar-refractivity contribution in [2.45, 2.75) is 59.3 Å². The van der Waals surface area contributed by atoms with Gasteiger partial charge in [-0.15, -0.1) is 0 Å². The molecule has 0 saturated heterocycles. The molecule has 0 N–H and O–H groups in total. The SMILES string of the molecule is CCCC1=CC(CCC)=CC(CCC)[CH]1. The third-order valence-corrected chi connectivity index (χ3v) is 2.93. The summed E-state index contributed by atoms with van der Waals surface area (Å²) in [5.41, 5.74) is 3.14. The highest BCUT2D eigenvalue weighted by Gasteiger charge is 2.13. The van der Waals surface area contributed by atoms with Crippen LogP contribution in [0.4, 0.5) is 0 Å². The first-order valence-corrected chi connectivity index (χ1v) is 6.56. The maximum absolute atomic E-state index is 2.48. The molecule has 1 radical (unpaired) electrons. The second-order valence-corrected chi connectivity index (χ2v) is 4.58. The molecule has 0 amide bonds. The van der Waals surface area contributed by atoms with Crippen LogP contribution in [-0.2, 0) is 0 Å². The first-order valence-electron chi connectivity index (χ1n) is 6.56. The van der Waals surface area contributed by atoms with E-state index in [-0.39, 0.29) is 0 Å². The van der Waals surface area contributed by atoms with E-state index in [1.807, 2.05) is 0 Å². The number of hydrogen-bond donors (Lipinski definition) is 0. The Labute approximate surface area is 95.5 Å². The number of hydrogen-bond acceptors (Lipinski definition) is 0. The van der Waals surface area contributed by atoms with Crippen molar-refractivity contribution >= 4 is 0 Å². The molecule has 1 atom stereocenters. The molecule has 0 saturated carbocycles. The van der Waals surface area contributed by atoms with E-state index in [4.69, 9.17) is 0 Å². The van der Waals surface area contributed by atoms with Crippen molar-refractivity contribution in [2.24, 2.45) is 5.92 Å². The second kappa shape index (κ2) is 6.87. The molecule has 0 aliphatic heterocycles. The zero-order valence-electron chi connectivity index (χ0n) is 10.6. The highest BCUT2D eigenvalue weighted by atomic mass is 14.2. The lowest BCUT2D eigenvalue weighted by molar-refractivity contribution is 0.636. The topological polar surface area (TPSA) is 0 Å². The van der Waals surface area contributed by atoms with E-state index in [9.17, 15) is 0 Å². The van der Waals surface area contributed by atoms with Gasteiger partial charge in [0.2, 0.25) is 0 Å². The summed E-state index contributed by atoms with van der Waals surface area (Å²) in [5.74, 6) is 0.711. The number of rotatable bonds is 6. The Balaban J connectivity index is 2.63. The van der Waals surface area contributed by atoms with Gasteiger partial charge in [0.05, 0.1) is 0 Å². The molecular formula is C15H25. The van der Waals surface area contributed by atoms with E-state index < -0.39 is 0 Å². The standard InChI is InChI=1S/C15H25/c1-4-7-13-10-14(8-5-2)12-15(11-13)9-6-3/h10-13H,4-9H2,1-3H3. The average Bonchev–Trinajstić information content (AvgIpc) is 2.19. The van der Waals surface area contributed by atoms with E-state index in [2.05, 4.69) is 39.3 Å². The quantitative estimate of drug-likeness (QED) is 0.567. The molecule has 1 aliphatic rings. The first-order chi connectivity index (χ1) is 7.30. The van der Waals surface area contributed by atoms with Crippen LogP contribution in [0.1, 0.15) is 59.3 Å². The summed E-state index contributed by atoms with van der Waals surface area (Å²) in [6, 6.07) is 0. The molecule has 0 nitrogen and oxygen atoms in total. The van der Waals surface area contributed by atoms with Crippen molar-refractivity contribution in [1.29, 1.82) is 0 Å². The molecule has 0 aromatic heterocycles. The zero-order valence-corrected chi connectivity index (χ0v) is 10.6. The van der Waals surface area contributed by atoms with E-state index in [0.717, 1.165) is 0 Å². The molecule has 85 valence electrons. The van der Waals surface area contributed by atoms with Gasteiger partial charge in [-0.05, 0) is 31.6 Å². The fourth-order valence-electron chi connectivity index (χ4n) is 2.32. The summed E-state index contributed by atoms with van der Waals surface area (Å²) in [4.78, 5) is 0. The van der Waals surface area contributed by atoms with E-state index >= 15 is 0 Å². The third kappa shape index (κ3) is 4.24. The fraction of sp³-hybridized carbons (Fsp3) is 0.667. The molecule has 1 rings (SSSR count). The van der Waals surface area contributed by atoms with Crippen molar-refractivity contribution in [3.63, 3.8) is 0 Å². The van der Waals surface area contributed by atoms with Crippen LogP contribution in [0.2, 0.25) is 0 Å². The normalized spacial score (nSPS) is 21.1. The van der Waals surface area contributed by atoms with Gasteiger partial charge in [0.25, 0.3) is 0 Å². The van der Waals surface area contributed by atoms with E-state index in [1.54, 1.807) is 11.1 Å². The summed E-state index contributed by atoms with van der Waals surface area (Å²) in [7, 11) is 0. The minimum atomic E-state index is 0.711. The van der Waals surface area contributed by atoms with Gasteiger partial charge in [0, 0.05) is 0 Å². The molecule has 1 aliphatic carbocycles. The van der Waals surface area contributed by atoms with Crippen LogP contribution in [0.5, 0.6) is 0 Å². The Kier molecular flexibility index (Phi) is 5.75. The third-order valence-electron chi connectivity index (χ3n) is 2.93. The average molecular weight is 205 g/mol. The lowest BCUT2D eigenvalue weighted by Gasteiger charge is -2.21. The van der Waals surface area contributed by atoms with Crippen LogP contribution in [0.3, 0.4) is 0 Å². The highest BCUT2D eigenvalue weighted by molar-refractivity contribution is 5.35. The lowest BCUT2D eigenvalue weighted by Crippen LogP contribution is -2.06. The molecule has 0 heteroatoms. The van der Waals surface area contributed by atoms with Crippen LogP contribution in [-0.4, -0.2) is 0 Å². The molecule has 0 fully saturated rings. The molecule has 0 aromatic carbocycles. The predicted molar refractivity (Wildman–Crippen MR) is 68.7 cm³/mol. The van der Waals surface area contributed by atoms with Crippen LogP contribution >= 0.6 is 0 Å². The highest BCUT2D eigenvalue weighted by Crippen LogP contribution is 2.29. The van der Waals surface area contributed by atoms with Crippen molar-refractivity contribution < 1.29 is 0 Å². The number of allylic oxidation sites excluding steroid dienone is 4. The molecule has 1 unspecified atom stereocenters. The smallest absolute Gasteiger partial charge is 0.00654 e. The summed E-state index contributed by atoms with van der Waals surface area (Å²) in [6.45, 7) is 6.81. The lowest BCUT2D eigenvalue weighted by atomic mass is 9.85. The first kappa shape index (κ1) is 12.5. The maximum atomic E-state index is 2.48. The summed E-state index contributed by atoms with van der Waals surface area (Å²) in [6.07, 6.45) is 15.0. The Bertz CT molecular complexity index is 232. The fourth-order valence-corrected chi connectivity index (χ4v) is 2.32. The van der Waals surface area contributed by atoms with Crippen LogP contribution in [0, 0.1) is 12.3 Å². The predicted octanol–water partition coefficient (Wildman–Crippen LogP) is 5.07. The van der Waals surface area contributed by atoms with Gasteiger partial charge in [0.1, 0.15) is 0 Å². The van der Waals surface area contributed by atoms with Gasteiger partial charge in [0.15, 0.2) is 0 Å². The van der Waals surface area contributed by atoms with Crippen molar-refractivity contribution in [3.8, 4) is 0 Å². The second-order valence-electron chi connectivity index (χ2n) is 4.58.